The van der Waals surface area contributed by atoms with Crippen LogP contribution in [-0.2, 0) is 4.79 Å². The Morgan fingerprint density at radius 1 is 1.07 bits per heavy atom. The van der Waals surface area contributed by atoms with Crippen molar-refractivity contribution in [3.63, 3.8) is 0 Å². The summed E-state index contributed by atoms with van der Waals surface area (Å²) in [5, 5.41) is 10.4. The van der Waals surface area contributed by atoms with Crippen LogP contribution in [0.15, 0.2) is 0 Å². The number of hydrogen-bond donors (Lipinski definition) is 1. The van der Waals surface area contributed by atoms with Gasteiger partial charge in [0.05, 0.1) is 5.60 Å². The van der Waals surface area contributed by atoms with Crippen LogP contribution in [0.5, 0.6) is 0 Å². The average molecular weight is 196 g/mol. The van der Waals surface area contributed by atoms with Crippen LogP contribution in [0, 0.1) is 5.92 Å². The summed E-state index contributed by atoms with van der Waals surface area (Å²) >= 11 is 0. The molecule has 0 aromatic carbocycles. The van der Waals surface area contributed by atoms with E-state index in [0.29, 0.717) is 12.2 Å². The Morgan fingerprint density at radius 3 is 2.43 bits per heavy atom. The highest BCUT2D eigenvalue weighted by molar-refractivity contribution is 5.82. The molecule has 14 heavy (non-hydrogen) atoms. The zero-order chi connectivity index (χ0) is 10.0. The lowest BCUT2D eigenvalue weighted by atomic mass is 9.69. The van der Waals surface area contributed by atoms with Crippen molar-refractivity contribution in [1.29, 1.82) is 0 Å². The van der Waals surface area contributed by atoms with E-state index in [2.05, 4.69) is 0 Å². The van der Waals surface area contributed by atoms with Gasteiger partial charge in [-0.2, -0.15) is 0 Å². The van der Waals surface area contributed by atoms with Gasteiger partial charge in [-0.15, -0.1) is 0 Å². The quantitative estimate of drug-likeness (QED) is 0.699. The van der Waals surface area contributed by atoms with Gasteiger partial charge >= 0.3 is 0 Å². The van der Waals surface area contributed by atoms with Crippen molar-refractivity contribution in [3.8, 4) is 0 Å². The Hall–Kier alpha value is -0.370. The molecule has 2 heteroatoms. The first-order valence-corrected chi connectivity index (χ1v) is 5.97. The fraction of sp³-hybridized carbons (Fsp3) is 0.917. The van der Waals surface area contributed by atoms with Crippen molar-refractivity contribution in [1.82, 2.24) is 0 Å². The number of carbonyl (C=O) groups is 1. The molecule has 0 radical (unpaired) electrons. The molecule has 2 aliphatic carbocycles. The van der Waals surface area contributed by atoms with Crippen molar-refractivity contribution in [2.75, 3.05) is 0 Å². The molecule has 1 atom stereocenters. The van der Waals surface area contributed by atoms with Gasteiger partial charge in [-0.25, -0.2) is 0 Å². The molecule has 2 nitrogen and oxygen atoms in total. The number of aliphatic hydroxyl groups is 1. The van der Waals surface area contributed by atoms with E-state index < -0.39 is 5.60 Å². The summed E-state index contributed by atoms with van der Waals surface area (Å²) in [5.74, 6) is 0.289. The van der Waals surface area contributed by atoms with Crippen LogP contribution in [0.1, 0.15) is 57.8 Å². The van der Waals surface area contributed by atoms with E-state index in [1.54, 1.807) is 0 Å². The Labute approximate surface area is 85.7 Å². The smallest absolute Gasteiger partial charge is 0.138 e. The Kier molecular flexibility index (Phi) is 2.91. The molecule has 80 valence electrons. The van der Waals surface area contributed by atoms with Gasteiger partial charge in [0.2, 0.25) is 0 Å². The standard InChI is InChI=1S/C12H20O2/c13-11-7-3-2-6-10(11)12(14)8-4-1-5-9-12/h10,14H,1-9H2/t10-/m0/s1. The minimum Gasteiger partial charge on any atom is -0.389 e. The highest BCUT2D eigenvalue weighted by atomic mass is 16.3. The molecule has 0 unspecified atom stereocenters. The predicted octanol–water partition coefficient (Wildman–Crippen LogP) is 2.44. The van der Waals surface area contributed by atoms with Gasteiger partial charge < -0.3 is 5.11 Å². The second-order valence-electron chi connectivity index (χ2n) is 4.93. The molecule has 2 saturated carbocycles. The Bertz CT molecular complexity index is 216. The zero-order valence-electron chi connectivity index (χ0n) is 8.80. The highest BCUT2D eigenvalue weighted by Crippen LogP contribution is 2.39. The molecule has 0 aromatic rings. The molecular formula is C12H20O2. The maximum Gasteiger partial charge on any atom is 0.138 e. The molecule has 0 aromatic heterocycles. The van der Waals surface area contributed by atoms with Gasteiger partial charge in [-0.1, -0.05) is 25.7 Å². The molecular weight excluding hydrogens is 176 g/mol. The third kappa shape index (κ3) is 1.85. The van der Waals surface area contributed by atoms with E-state index in [9.17, 15) is 9.90 Å². The average Bonchev–Trinajstić information content (AvgIpc) is 2.19. The van der Waals surface area contributed by atoms with Gasteiger partial charge in [0.15, 0.2) is 0 Å². The number of hydrogen-bond acceptors (Lipinski definition) is 2. The third-order valence-electron chi connectivity index (χ3n) is 3.92. The molecule has 2 aliphatic rings. The predicted molar refractivity (Wildman–Crippen MR) is 55.0 cm³/mol. The summed E-state index contributed by atoms with van der Waals surface area (Å²) in [6.45, 7) is 0. The van der Waals surface area contributed by atoms with Crippen LogP contribution in [0.4, 0.5) is 0 Å². The van der Waals surface area contributed by atoms with Crippen LogP contribution in [0.3, 0.4) is 0 Å². The van der Waals surface area contributed by atoms with Gasteiger partial charge in [0.25, 0.3) is 0 Å². The van der Waals surface area contributed by atoms with Gasteiger partial charge in [-0.3, -0.25) is 4.79 Å². The van der Waals surface area contributed by atoms with Crippen molar-refractivity contribution >= 4 is 5.78 Å². The number of carbonyl (C=O) groups excluding carboxylic acids is 1. The first-order valence-electron chi connectivity index (χ1n) is 5.97. The minimum atomic E-state index is -0.629. The van der Waals surface area contributed by atoms with Crippen LogP contribution in [0.2, 0.25) is 0 Å². The van der Waals surface area contributed by atoms with Crippen molar-refractivity contribution in [2.24, 2.45) is 5.92 Å². The molecule has 0 spiro atoms. The molecule has 0 bridgehead atoms. The maximum absolute atomic E-state index is 11.7. The lowest BCUT2D eigenvalue weighted by Gasteiger charge is -2.40. The normalized spacial score (nSPS) is 32.9. The maximum atomic E-state index is 11.7. The lowest BCUT2D eigenvalue weighted by Crippen LogP contribution is -2.45. The topological polar surface area (TPSA) is 37.3 Å². The summed E-state index contributed by atoms with van der Waals surface area (Å²) in [4.78, 5) is 11.7. The molecule has 0 amide bonds. The first-order chi connectivity index (χ1) is 6.72. The third-order valence-corrected chi connectivity index (χ3v) is 3.92. The zero-order valence-corrected chi connectivity index (χ0v) is 8.80. The van der Waals surface area contributed by atoms with Crippen LogP contribution in [0.25, 0.3) is 0 Å². The van der Waals surface area contributed by atoms with Gasteiger partial charge in [0.1, 0.15) is 5.78 Å². The molecule has 2 fully saturated rings. The number of ketones is 1. The van der Waals surface area contributed by atoms with E-state index in [0.717, 1.165) is 44.9 Å². The molecule has 0 saturated heterocycles. The summed E-state index contributed by atoms with van der Waals surface area (Å²) in [5.41, 5.74) is -0.629. The van der Waals surface area contributed by atoms with E-state index in [4.69, 9.17) is 0 Å². The first kappa shape index (κ1) is 10.2. The van der Waals surface area contributed by atoms with Crippen LogP contribution in [-0.4, -0.2) is 16.5 Å². The van der Waals surface area contributed by atoms with E-state index in [-0.39, 0.29) is 5.92 Å². The molecule has 2 rings (SSSR count). The highest BCUT2D eigenvalue weighted by Gasteiger charge is 2.42. The number of rotatable bonds is 1. The van der Waals surface area contributed by atoms with Gasteiger partial charge in [0, 0.05) is 12.3 Å². The minimum absolute atomic E-state index is 0.0310. The SMILES string of the molecule is O=C1CCCC[C@@H]1C1(O)CCCCC1. The molecule has 0 aliphatic heterocycles. The second kappa shape index (κ2) is 4.01. The van der Waals surface area contributed by atoms with Crippen molar-refractivity contribution in [3.05, 3.63) is 0 Å². The van der Waals surface area contributed by atoms with Crippen LogP contribution < -0.4 is 0 Å². The molecule has 1 N–H and O–H groups in total. The Morgan fingerprint density at radius 2 is 1.79 bits per heavy atom. The summed E-state index contributed by atoms with van der Waals surface area (Å²) in [7, 11) is 0. The summed E-state index contributed by atoms with van der Waals surface area (Å²) < 4.78 is 0. The molecule has 0 heterocycles. The number of Topliss-reactive ketones (excluding diaryl/α,β-unsaturated/α-hetero) is 1. The monoisotopic (exact) mass is 196 g/mol. The van der Waals surface area contributed by atoms with Gasteiger partial charge in [-0.05, 0) is 25.7 Å². The van der Waals surface area contributed by atoms with E-state index in [1.165, 1.54) is 6.42 Å². The van der Waals surface area contributed by atoms with E-state index in [1.807, 2.05) is 0 Å². The van der Waals surface area contributed by atoms with Crippen molar-refractivity contribution in [2.45, 2.75) is 63.4 Å². The Balaban J connectivity index is 2.06. The van der Waals surface area contributed by atoms with Crippen LogP contribution >= 0.6 is 0 Å². The fourth-order valence-electron chi connectivity index (χ4n) is 3.06. The second-order valence-corrected chi connectivity index (χ2v) is 4.93. The van der Waals surface area contributed by atoms with Crippen molar-refractivity contribution < 1.29 is 9.90 Å². The summed E-state index contributed by atoms with van der Waals surface area (Å²) in [6.07, 6.45) is 8.91. The van der Waals surface area contributed by atoms with E-state index >= 15 is 0 Å². The fourth-order valence-corrected chi connectivity index (χ4v) is 3.06. The summed E-state index contributed by atoms with van der Waals surface area (Å²) in [6, 6.07) is 0. The largest absolute Gasteiger partial charge is 0.389 e. The lowest BCUT2D eigenvalue weighted by molar-refractivity contribution is -0.138.